The maximum atomic E-state index is 12.2. The van der Waals surface area contributed by atoms with Crippen molar-refractivity contribution in [3.8, 4) is 11.3 Å². The van der Waals surface area contributed by atoms with Crippen LogP contribution in [0.25, 0.3) is 11.3 Å². The van der Waals surface area contributed by atoms with E-state index in [1.165, 1.54) is 0 Å². The zero-order chi connectivity index (χ0) is 20.9. The maximum absolute atomic E-state index is 12.2. The number of carbonyl (C=O) groups excluding carboxylic acids is 3. The highest BCUT2D eigenvalue weighted by Crippen LogP contribution is 2.27. The van der Waals surface area contributed by atoms with Crippen LogP contribution in [0.2, 0.25) is 0 Å². The number of nitrogens with zero attached hydrogens (tertiary/aromatic N) is 1. The van der Waals surface area contributed by atoms with Crippen molar-refractivity contribution < 1.29 is 14.4 Å². The molecule has 0 aliphatic carbocycles. The van der Waals surface area contributed by atoms with Crippen molar-refractivity contribution in [1.29, 1.82) is 0 Å². The van der Waals surface area contributed by atoms with Crippen LogP contribution in [0.15, 0.2) is 60.7 Å². The van der Waals surface area contributed by atoms with Crippen LogP contribution in [0.4, 0.5) is 5.69 Å². The van der Waals surface area contributed by atoms with Gasteiger partial charge in [-0.25, -0.2) is 0 Å². The van der Waals surface area contributed by atoms with E-state index in [1.807, 2.05) is 54.6 Å². The van der Waals surface area contributed by atoms with Crippen LogP contribution in [-0.4, -0.2) is 27.9 Å². The smallest absolute Gasteiger partial charge is 0.287 e. The number of amides is 3. The maximum Gasteiger partial charge on any atom is 0.287 e. The average molecular weight is 403 g/mol. The van der Waals surface area contributed by atoms with Gasteiger partial charge in [0.2, 0.25) is 11.8 Å². The van der Waals surface area contributed by atoms with Gasteiger partial charge in [0.25, 0.3) is 5.91 Å². The van der Waals surface area contributed by atoms with E-state index >= 15 is 0 Å². The van der Waals surface area contributed by atoms with E-state index < -0.39 is 5.91 Å². The Kier molecular flexibility index (Phi) is 5.56. The van der Waals surface area contributed by atoms with Crippen LogP contribution < -0.4 is 16.2 Å². The Hall–Kier alpha value is -3.94. The van der Waals surface area contributed by atoms with Crippen molar-refractivity contribution in [1.82, 2.24) is 21.0 Å². The number of benzene rings is 2. The Balaban J connectivity index is 1.26. The summed E-state index contributed by atoms with van der Waals surface area (Å²) in [5.74, 6) is -1.22. The number of para-hydroxylation sites is 1. The van der Waals surface area contributed by atoms with E-state index in [0.29, 0.717) is 18.5 Å². The van der Waals surface area contributed by atoms with Gasteiger partial charge in [-0.1, -0.05) is 48.5 Å². The average Bonchev–Trinajstić information content (AvgIpc) is 3.27. The quantitative estimate of drug-likeness (QED) is 0.490. The van der Waals surface area contributed by atoms with E-state index in [2.05, 4.69) is 26.4 Å². The molecule has 4 rings (SSSR count). The highest BCUT2D eigenvalue weighted by Gasteiger charge is 2.26. The molecule has 3 amide bonds. The third-order valence-electron chi connectivity index (χ3n) is 5.04. The summed E-state index contributed by atoms with van der Waals surface area (Å²) in [6, 6.07) is 18.7. The predicted molar refractivity (Wildman–Crippen MR) is 111 cm³/mol. The van der Waals surface area contributed by atoms with E-state index in [9.17, 15) is 14.4 Å². The number of aromatic amines is 1. The zero-order valence-electron chi connectivity index (χ0n) is 16.1. The summed E-state index contributed by atoms with van der Waals surface area (Å²) in [5.41, 5.74) is 8.38. The second kappa shape index (κ2) is 8.60. The molecule has 2 aromatic carbocycles. The molecule has 2 heterocycles. The van der Waals surface area contributed by atoms with Crippen LogP contribution in [0.5, 0.6) is 0 Å². The number of hydrogen-bond acceptors (Lipinski definition) is 4. The summed E-state index contributed by atoms with van der Waals surface area (Å²) >= 11 is 0. The molecule has 0 fully saturated rings. The second-order valence-corrected chi connectivity index (χ2v) is 7.12. The van der Waals surface area contributed by atoms with Gasteiger partial charge in [-0.05, 0) is 30.5 Å². The van der Waals surface area contributed by atoms with Crippen molar-refractivity contribution in [3.63, 3.8) is 0 Å². The molecule has 8 heteroatoms. The van der Waals surface area contributed by atoms with Crippen LogP contribution in [0.1, 0.15) is 28.9 Å². The fourth-order valence-electron chi connectivity index (χ4n) is 3.40. The Morgan fingerprint density at radius 3 is 2.63 bits per heavy atom. The van der Waals surface area contributed by atoms with Crippen molar-refractivity contribution in [2.45, 2.75) is 19.3 Å². The standard InChI is InChI=1S/C22H21N5O3/c28-20(11-10-16-12-15-8-4-5-9-17(15)23-21(16)29)26-27-22(30)19-13-18(24-25-19)14-6-2-1-3-7-14/h1-9,13,16H,10-12H2,(H,23,29)(H,24,25)(H,26,28)(H,27,30). The summed E-state index contributed by atoms with van der Waals surface area (Å²) in [6.07, 6.45) is 1.11. The molecule has 1 unspecified atom stereocenters. The molecule has 0 spiro atoms. The molecule has 1 atom stereocenters. The van der Waals surface area contributed by atoms with Gasteiger partial charge in [0.15, 0.2) is 0 Å². The fraction of sp³-hybridized carbons (Fsp3) is 0.182. The first-order chi connectivity index (χ1) is 14.6. The Morgan fingerprint density at radius 1 is 1.03 bits per heavy atom. The molecular weight excluding hydrogens is 382 g/mol. The van der Waals surface area contributed by atoms with E-state index in [4.69, 9.17) is 0 Å². The van der Waals surface area contributed by atoms with Crippen molar-refractivity contribution >= 4 is 23.4 Å². The first kappa shape index (κ1) is 19.4. The van der Waals surface area contributed by atoms with Gasteiger partial charge < -0.3 is 5.32 Å². The van der Waals surface area contributed by atoms with Crippen molar-refractivity contribution in [3.05, 3.63) is 71.9 Å². The Bertz CT molecular complexity index is 1080. The number of nitrogens with one attached hydrogen (secondary N) is 4. The second-order valence-electron chi connectivity index (χ2n) is 7.12. The molecule has 152 valence electrons. The first-order valence-corrected chi connectivity index (χ1v) is 9.69. The molecular formula is C22H21N5O3. The summed E-state index contributed by atoms with van der Waals surface area (Å²) in [5, 5.41) is 9.65. The van der Waals surface area contributed by atoms with E-state index in [0.717, 1.165) is 16.8 Å². The molecule has 1 aliphatic rings. The summed E-state index contributed by atoms with van der Waals surface area (Å²) < 4.78 is 0. The highest BCUT2D eigenvalue weighted by atomic mass is 16.2. The number of carbonyl (C=O) groups is 3. The topological polar surface area (TPSA) is 116 Å². The molecule has 0 radical (unpaired) electrons. The van der Waals surface area contributed by atoms with Gasteiger partial charge in [-0.15, -0.1) is 0 Å². The number of hydrazine groups is 1. The van der Waals surface area contributed by atoms with Gasteiger partial charge in [0.1, 0.15) is 5.69 Å². The van der Waals surface area contributed by atoms with E-state index in [-0.39, 0.29) is 29.8 Å². The molecule has 1 aromatic heterocycles. The SMILES string of the molecule is O=C(CCC1Cc2ccccc2NC1=O)NNC(=O)c1cc(-c2ccccc2)n[nH]1. The minimum absolute atomic E-state index is 0.0866. The first-order valence-electron chi connectivity index (χ1n) is 9.69. The molecule has 0 bridgehead atoms. The fourth-order valence-corrected chi connectivity index (χ4v) is 3.40. The number of aromatic nitrogens is 2. The molecule has 8 nitrogen and oxygen atoms in total. The highest BCUT2D eigenvalue weighted by molar-refractivity contribution is 5.96. The number of anilines is 1. The van der Waals surface area contributed by atoms with Gasteiger partial charge in [0.05, 0.1) is 5.69 Å². The lowest BCUT2D eigenvalue weighted by molar-refractivity contribution is -0.123. The number of H-pyrrole nitrogens is 1. The molecule has 1 aliphatic heterocycles. The van der Waals surface area contributed by atoms with Gasteiger partial charge in [0, 0.05) is 23.6 Å². The summed E-state index contributed by atoms with van der Waals surface area (Å²) in [6.45, 7) is 0. The molecule has 0 saturated carbocycles. The lowest BCUT2D eigenvalue weighted by Crippen LogP contribution is -2.42. The predicted octanol–water partition coefficient (Wildman–Crippen LogP) is 2.43. The largest absolute Gasteiger partial charge is 0.326 e. The Labute approximate surface area is 173 Å². The summed E-state index contributed by atoms with van der Waals surface area (Å²) in [7, 11) is 0. The lowest BCUT2D eigenvalue weighted by Gasteiger charge is -2.24. The summed E-state index contributed by atoms with van der Waals surface area (Å²) in [4.78, 5) is 36.6. The zero-order valence-corrected chi connectivity index (χ0v) is 16.1. The third-order valence-corrected chi connectivity index (χ3v) is 5.04. The minimum Gasteiger partial charge on any atom is -0.326 e. The third kappa shape index (κ3) is 4.38. The lowest BCUT2D eigenvalue weighted by atomic mass is 9.89. The molecule has 0 saturated heterocycles. The van der Waals surface area contributed by atoms with Crippen molar-refractivity contribution in [2.75, 3.05) is 5.32 Å². The van der Waals surface area contributed by atoms with Crippen LogP contribution in [0, 0.1) is 5.92 Å². The van der Waals surface area contributed by atoms with Gasteiger partial charge in [-0.2, -0.15) is 5.10 Å². The van der Waals surface area contributed by atoms with Gasteiger partial charge >= 0.3 is 0 Å². The number of hydrogen-bond donors (Lipinski definition) is 4. The minimum atomic E-state index is -0.498. The molecule has 30 heavy (non-hydrogen) atoms. The molecule has 3 aromatic rings. The normalized spacial score (nSPS) is 15.1. The van der Waals surface area contributed by atoms with Crippen LogP contribution in [-0.2, 0) is 16.0 Å². The van der Waals surface area contributed by atoms with E-state index in [1.54, 1.807) is 6.07 Å². The van der Waals surface area contributed by atoms with Crippen LogP contribution >= 0.6 is 0 Å². The monoisotopic (exact) mass is 403 g/mol. The number of fused-ring (bicyclic) bond motifs is 1. The van der Waals surface area contributed by atoms with Gasteiger partial charge in [-0.3, -0.25) is 30.3 Å². The molecule has 4 N–H and O–H groups in total. The van der Waals surface area contributed by atoms with Crippen molar-refractivity contribution in [2.24, 2.45) is 5.92 Å². The number of rotatable bonds is 5. The Morgan fingerprint density at radius 2 is 1.80 bits per heavy atom. The van der Waals surface area contributed by atoms with Crippen LogP contribution in [0.3, 0.4) is 0 Å².